The van der Waals surface area contributed by atoms with Gasteiger partial charge in [0.05, 0.1) is 21.9 Å². The molecule has 4 rings (SSSR count). The second-order valence-corrected chi connectivity index (χ2v) is 7.90. The molecule has 2 heterocycles. The molecule has 0 fully saturated rings. The van der Waals surface area contributed by atoms with E-state index in [1.165, 1.54) is 6.07 Å². The number of para-hydroxylation sites is 1. The van der Waals surface area contributed by atoms with Crippen LogP contribution in [0.2, 0.25) is 5.02 Å². The molecule has 0 aliphatic rings. The van der Waals surface area contributed by atoms with Crippen LogP contribution in [0.1, 0.15) is 11.1 Å². The fourth-order valence-corrected chi connectivity index (χ4v) is 4.09. The quantitative estimate of drug-likeness (QED) is 0.411. The van der Waals surface area contributed by atoms with Gasteiger partial charge in [-0.1, -0.05) is 41.6 Å². The number of hydrogen-bond acceptors (Lipinski definition) is 4. The molecule has 2 aromatic carbocycles. The molecule has 0 aliphatic heterocycles. The standard InChI is InChI=1S/C20H14ClF3N4OS/c1-11-8-17-26-27-19(28(17)16-5-3-2-4-13(11)16)30-10-18(29)25-12-6-7-15(21)14(9-12)20(22,23)24/h2-9H,10H2,1H3,(H,25,29). The third-order valence-corrected chi connectivity index (χ3v) is 5.72. The monoisotopic (exact) mass is 450 g/mol. The van der Waals surface area contributed by atoms with Crippen LogP contribution < -0.4 is 5.32 Å². The molecule has 10 heteroatoms. The number of anilines is 1. The lowest BCUT2D eigenvalue weighted by molar-refractivity contribution is -0.137. The maximum Gasteiger partial charge on any atom is 0.417 e. The van der Waals surface area contributed by atoms with Crippen molar-refractivity contribution in [1.82, 2.24) is 14.6 Å². The van der Waals surface area contributed by atoms with E-state index in [0.717, 1.165) is 40.4 Å². The zero-order chi connectivity index (χ0) is 21.5. The summed E-state index contributed by atoms with van der Waals surface area (Å²) in [7, 11) is 0. The van der Waals surface area contributed by atoms with Crippen molar-refractivity contribution < 1.29 is 18.0 Å². The SMILES string of the molecule is Cc1cc2nnc(SCC(=O)Nc3ccc(Cl)c(C(F)(F)F)c3)n2c2ccccc12. The van der Waals surface area contributed by atoms with Crippen molar-refractivity contribution in [2.75, 3.05) is 11.1 Å². The van der Waals surface area contributed by atoms with Gasteiger partial charge in [0.25, 0.3) is 0 Å². The molecule has 0 spiro atoms. The summed E-state index contributed by atoms with van der Waals surface area (Å²) < 4.78 is 40.8. The molecule has 2 aromatic heterocycles. The third-order valence-electron chi connectivity index (χ3n) is 4.46. The number of alkyl halides is 3. The van der Waals surface area contributed by atoms with E-state index in [1.54, 1.807) is 0 Å². The molecule has 0 saturated carbocycles. The summed E-state index contributed by atoms with van der Waals surface area (Å²) in [6.45, 7) is 1.98. The van der Waals surface area contributed by atoms with Gasteiger partial charge >= 0.3 is 6.18 Å². The summed E-state index contributed by atoms with van der Waals surface area (Å²) >= 11 is 6.75. The van der Waals surface area contributed by atoms with Gasteiger partial charge in [0.1, 0.15) is 0 Å². The van der Waals surface area contributed by atoms with E-state index in [2.05, 4.69) is 15.5 Å². The lowest BCUT2D eigenvalue weighted by Crippen LogP contribution is -2.15. The van der Waals surface area contributed by atoms with Gasteiger partial charge in [-0.05, 0) is 42.8 Å². The number of hydrogen-bond donors (Lipinski definition) is 1. The molecule has 30 heavy (non-hydrogen) atoms. The predicted octanol–water partition coefficient (Wildman–Crippen LogP) is 5.59. The van der Waals surface area contributed by atoms with E-state index in [-0.39, 0.29) is 11.4 Å². The summed E-state index contributed by atoms with van der Waals surface area (Å²) in [5, 5.41) is 11.9. The first kappa shape index (κ1) is 20.5. The second-order valence-electron chi connectivity index (χ2n) is 6.55. The van der Waals surface area contributed by atoms with Gasteiger partial charge in [-0.15, -0.1) is 10.2 Å². The number of nitrogens with zero attached hydrogens (tertiary/aromatic N) is 3. The van der Waals surface area contributed by atoms with E-state index in [1.807, 2.05) is 41.7 Å². The number of aromatic nitrogens is 3. The first-order chi connectivity index (χ1) is 14.2. The van der Waals surface area contributed by atoms with E-state index >= 15 is 0 Å². The Balaban J connectivity index is 1.54. The van der Waals surface area contributed by atoms with Gasteiger partial charge in [-0.3, -0.25) is 9.20 Å². The molecule has 1 N–H and O–H groups in total. The maximum atomic E-state index is 13.0. The highest BCUT2D eigenvalue weighted by Crippen LogP contribution is 2.36. The Labute approximate surface area is 178 Å². The van der Waals surface area contributed by atoms with Gasteiger partial charge in [0, 0.05) is 11.1 Å². The fraction of sp³-hybridized carbons (Fsp3) is 0.150. The van der Waals surface area contributed by atoms with Crippen LogP contribution in [-0.2, 0) is 11.0 Å². The molecule has 0 atom stereocenters. The van der Waals surface area contributed by atoms with Crippen molar-refractivity contribution in [1.29, 1.82) is 0 Å². The summed E-state index contributed by atoms with van der Waals surface area (Å²) in [6, 6.07) is 12.9. The molecule has 0 saturated heterocycles. The van der Waals surface area contributed by atoms with E-state index in [0.29, 0.717) is 10.8 Å². The number of halogens is 4. The van der Waals surface area contributed by atoms with Crippen molar-refractivity contribution in [3.05, 3.63) is 64.7 Å². The van der Waals surface area contributed by atoms with Crippen LogP contribution in [-0.4, -0.2) is 26.3 Å². The highest BCUT2D eigenvalue weighted by Gasteiger charge is 2.33. The van der Waals surface area contributed by atoms with Crippen LogP contribution in [0.5, 0.6) is 0 Å². The Morgan fingerprint density at radius 3 is 2.70 bits per heavy atom. The minimum Gasteiger partial charge on any atom is -0.325 e. The van der Waals surface area contributed by atoms with Crippen LogP contribution in [0.15, 0.2) is 53.7 Å². The molecule has 5 nitrogen and oxygen atoms in total. The van der Waals surface area contributed by atoms with E-state index < -0.39 is 22.7 Å². The van der Waals surface area contributed by atoms with Gasteiger partial charge in [0.15, 0.2) is 10.8 Å². The number of carbonyl (C=O) groups excluding carboxylic acids is 1. The molecular weight excluding hydrogens is 437 g/mol. The minimum atomic E-state index is -4.60. The third kappa shape index (κ3) is 3.95. The number of thioether (sulfide) groups is 1. The first-order valence-corrected chi connectivity index (χ1v) is 10.1. The smallest absolute Gasteiger partial charge is 0.325 e. The lowest BCUT2D eigenvalue weighted by Gasteiger charge is -2.11. The Morgan fingerprint density at radius 1 is 1.17 bits per heavy atom. The fourth-order valence-electron chi connectivity index (χ4n) is 3.12. The molecule has 0 unspecified atom stereocenters. The predicted molar refractivity (Wildman–Crippen MR) is 111 cm³/mol. The molecule has 0 aliphatic carbocycles. The highest BCUT2D eigenvalue weighted by molar-refractivity contribution is 7.99. The van der Waals surface area contributed by atoms with Crippen molar-refractivity contribution in [2.45, 2.75) is 18.3 Å². The summed E-state index contributed by atoms with van der Waals surface area (Å²) in [5.41, 5.74) is 1.64. The Hall–Kier alpha value is -2.78. The zero-order valence-corrected chi connectivity index (χ0v) is 17.1. The van der Waals surface area contributed by atoms with Crippen LogP contribution in [0.4, 0.5) is 18.9 Å². The summed E-state index contributed by atoms with van der Waals surface area (Å²) in [5.74, 6) is -0.518. The molecule has 1 amide bonds. The highest BCUT2D eigenvalue weighted by atomic mass is 35.5. The Bertz CT molecular complexity index is 1270. The zero-order valence-electron chi connectivity index (χ0n) is 15.5. The van der Waals surface area contributed by atoms with Gasteiger partial charge in [0.2, 0.25) is 5.91 Å². The molecule has 4 aromatic rings. The molecule has 154 valence electrons. The van der Waals surface area contributed by atoms with Crippen LogP contribution in [0.25, 0.3) is 16.6 Å². The number of aryl methyl sites for hydroxylation is 1. The number of amides is 1. The van der Waals surface area contributed by atoms with E-state index in [4.69, 9.17) is 11.6 Å². The normalized spacial score (nSPS) is 11.9. The van der Waals surface area contributed by atoms with Crippen LogP contribution >= 0.6 is 23.4 Å². The molecule has 0 radical (unpaired) electrons. The summed E-state index contributed by atoms with van der Waals surface area (Å²) in [6.07, 6.45) is -4.60. The number of nitrogens with one attached hydrogen (secondary N) is 1. The number of pyridine rings is 1. The van der Waals surface area contributed by atoms with Crippen LogP contribution in [0.3, 0.4) is 0 Å². The number of rotatable bonds is 4. The summed E-state index contributed by atoms with van der Waals surface area (Å²) in [4.78, 5) is 12.3. The average Bonchev–Trinajstić information content (AvgIpc) is 3.10. The van der Waals surface area contributed by atoms with Crippen molar-refractivity contribution in [2.24, 2.45) is 0 Å². The second kappa shape index (κ2) is 7.81. The Kier molecular flexibility index (Phi) is 5.33. The lowest BCUT2D eigenvalue weighted by atomic mass is 10.1. The first-order valence-electron chi connectivity index (χ1n) is 8.77. The number of benzene rings is 2. The van der Waals surface area contributed by atoms with Gasteiger partial charge < -0.3 is 5.32 Å². The van der Waals surface area contributed by atoms with Crippen molar-refractivity contribution in [3.63, 3.8) is 0 Å². The Morgan fingerprint density at radius 2 is 1.93 bits per heavy atom. The van der Waals surface area contributed by atoms with E-state index in [9.17, 15) is 18.0 Å². The van der Waals surface area contributed by atoms with Gasteiger partial charge in [-0.2, -0.15) is 13.2 Å². The molecule has 0 bridgehead atoms. The largest absolute Gasteiger partial charge is 0.417 e. The van der Waals surface area contributed by atoms with Crippen molar-refractivity contribution in [3.8, 4) is 0 Å². The van der Waals surface area contributed by atoms with Gasteiger partial charge in [-0.25, -0.2) is 0 Å². The van der Waals surface area contributed by atoms with Crippen LogP contribution in [0, 0.1) is 6.92 Å². The minimum absolute atomic E-state index is 0.0181. The average molecular weight is 451 g/mol. The number of fused-ring (bicyclic) bond motifs is 3. The topological polar surface area (TPSA) is 59.3 Å². The number of carbonyl (C=O) groups is 1. The maximum absolute atomic E-state index is 13.0. The molecular formula is C20H14ClF3N4OS. The van der Waals surface area contributed by atoms with Crippen molar-refractivity contribution >= 4 is 51.5 Å².